The average Bonchev–Trinajstić information content (AvgIpc) is 2.47. The number of carbonyl (C=O) groups excluding carboxylic acids is 1. The van der Waals surface area contributed by atoms with Gasteiger partial charge in [-0.3, -0.25) is 0 Å². The fourth-order valence-electron chi connectivity index (χ4n) is 1.94. The van der Waals surface area contributed by atoms with E-state index >= 15 is 0 Å². The van der Waals surface area contributed by atoms with Gasteiger partial charge in [-0.2, -0.15) is 4.99 Å². The minimum absolute atomic E-state index is 0.423. The van der Waals surface area contributed by atoms with Crippen molar-refractivity contribution in [1.82, 2.24) is 0 Å². The Balaban J connectivity index is 2.60. The van der Waals surface area contributed by atoms with Gasteiger partial charge in [0, 0.05) is 5.56 Å². The highest BCUT2D eigenvalue weighted by molar-refractivity contribution is 6.32. The lowest BCUT2D eigenvalue weighted by molar-refractivity contribution is 0.414. The van der Waals surface area contributed by atoms with Crippen molar-refractivity contribution in [1.29, 1.82) is 0 Å². The third-order valence-electron chi connectivity index (χ3n) is 2.83. The molecule has 2 rings (SSSR count). The number of isocyanates is 1. The van der Waals surface area contributed by atoms with E-state index in [4.69, 9.17) is 21.1 Å². The highest BCUT2D eigenvalue weighted by Gasteiger charge is 2.12. The quantitative estimate of drug-likeness (QED) is 0.631. The Kier molecular flexibility index (Phi) is 4.41. The van der Waals surface area contributed by atoms with Gasteiger partial charge < -0.3 is 9.47 Å². The maximum absolute atomic E-state index is 10.4. The molecule has 0 heterocycles. The summed E-state index contributed by atoms with van der Waals surface area (Å²) in [6, 6.07) is 10.7. The van der Waals surface area contributed by atoms with Gasteiger partial charge in [0.25, 0.3) is 0 Å². The van der Waals surface area contributed by atoms with Gasteiger partial charge in [-0.25, -0.2) is 4.79 Å². The van der Waals surface area contributed by atoms with Crippen LogP contribution >= 0.6 is 11.6 Å². The lowest BCUT2D eigenvalue weighted by Gasteiger charge is -2.11. The number of aliphatic imine (C=N–C) groups is 1. The number of nitrogens with zero attached hydrogens (tertiary/aromatic N) is 1. The van der Waals surface area contributed by atoms with E-state index in [0.717, 1.165) is 11.1 Å². The van der Waals surface area contributed by atoms with Crippen LogP contribution in [0.15, 0.2) is 41.4 Å². The molecule has 2 aromatic carbocycles. The summed E-state index contributed by atoms with van der Waals surface area (Å²) in [5, 5.41) is 0.497. The van der Waals surface area contributed by atoms with Crippen LogP contribution in [0.5, 0.6) is 11.5 Å². The van der Waals surface area contributed by atoms with Gasteiger partial charge in [-0.15, -0.1) is 0 Å². The number of hydrogen-bond acceptors (Lipinski definition) is 4. The molecule has 0 saturated heterocycles. The molecule has 0 fully saturated rings. The first-order valence-corrected chi connectivity index (χ1v) is 6.18. The molecule has 0 aliphatic rings. The average molecular weight is 290 g/mol. The number of ether oxygens (including phenoxy) is 2. The Hall–Kier alpha value is -2.29. The van der Waals surface area contributed by atoms with E-state index in [1.807, 2.05) is 12.1 Å². The van der Waals surface area contributed by atoms with Crippen LogP contribution in [0, 0.1) is 0 Å². The molecule has 0 atom stereocenters. The van der Waals surface area contributed by atoms with E-state index in [2.05, 4.69) is 4.99 Å². The Bertz CT molecular complexity index is 679. The van der Waals surface area contributed by atoms with Crippen LogP contribution in [0.1, 0.15) is 0 Å². The van der Waals surface area contributed by atoms with Crippen LogP contribution in [0.3, 0.4) is 0 Å². The van der Waals surface area contributed by atoms with Crippen LogP contribution in [-0.4, -0.2) is 20.3 Å². The monoisotopic (exact) mass is 289 g/mol. The Morgan fingerprint density at radius 1 is 1.15 bits per heavy atom. The zero-order valence-corrected chi connectivity index (χ0v) is 11.8. The van der Waals surface area contributed by atoms with Gasteiger partial charge in [-0.1, -0.05) is 29.8 Å². The van der Waals surface area contributed by atoms with Crippen molar-refractivity contribution in [3.05, 3.63) is 41.4 Å². The lowest BCUT2D eigenvalue weighted by atomic mass is 10.0. The minimum Gasteiger partial charge on any atom is -0.495 e. The van der Waals surface area contributed by atoms with E-state index in [1.54, 1.807) is 31.4 Å². The predicted molar refractivity (Wildman–Crippen MR) is 77.8 cm³/mol. The molecule has 0 unspecified atom stereocenters. The Labute approximate surface area is 121 Å². The number of rotatable bonds is 4. The van der Waals surface area contributed by atoms with Crippen molar-refractivity contribution < 1.29 is 14.3 Å². The van der Waals surface area contributed by atoms with Gasteiger partial charge in [0.15, 0.2) is 5.75 Å². The van der Waals surface area contributed by atoms with Crippen LogP contribution < -0.4 is 9.47 Å². The molecule has 2 aromatic rings. The van der Waals surface area contributed by atoms with E-state index in [0.29, 0.717) is 22.2 Å². The van der Waals surface area contributed by atoms with Crippen molar-refractivity contribution in [3.63, 3.8) is 0 Å². The first-order chi connectivity index (χ1) is 9.71. The zero-order valence-electron chi connectivity index (χ0n) is 11.0. The maximum atomic E-state index is 10.4. The molecule has 4 nitrogen and oxygen atoms in total. The number of para-hydroxylation sites is 1. The summed E-state index contributed by atoms with van der Waals surface area (Å²) in [5.74, 6) is 1.09. The normalized spacial score (nSPS) is 9.75. The van der Waals surface area contributed by atoms with Crippen LogP contribution in [0.25, 0.3) is 11.1 Å². The minimum atomic E-state index is 0.423. The highest BCUT2D eigenvalue weighted by Crippen LogP contribution is 2.39. The molecule has 0 amide bonds. The summed E-state index contributed by atoms with van der Waals surface area (Å²) in [5.41, 5.74) is 2.05. The molecule has 0 radical (unpaired) electrons. The molecule has 0 saturated carbocycles. The number of hydrogen-bond donors (Lipinski definition) is 0. The van der Waals surface area contributed by atoms with E-state index in [9.17, 15) is 4.79 Å². The second kappa shape index (κ2) is 6.24. The molecule has 0 aromatic heterocycles. The molecule has 0 spiro atoms. The maximum Gasteiger partial charge on any atom is 0.240 e. The standard InChI is InChI=1S/C15H12ClNO3/c1-19-14-7-6-10(8-12(14)16)11-4-3-5-13(17-9-18)15(11)20-2/h3-8H,1-2H3. The van der Waals surface area contributed by atoms with Crippen molar-refractivity contribution in [2.24, 2.45) is 4.99 Å². The predicted octanol–water partition coefficient (Wildman–Crippen LogP) is 3.99. The molecular weight excluding hydrogens is 278 g/mol. The molecule has 102 valence electrons. The molecular formula is C15H12ClNO3. The Morgan fingerprint density at radius 2 is 1.95 bits per heavy atom. The smallest absolute Gasteiger partial charge is 0.240 e. The van der Waals surface area contributed by atoms with Gasteiger partial charge in [0.1, 0.15) is 11.4 Å². The lowest BCUT2D eigenvalue weighted by Crippen LogP contribution is -1.90. The number of benzene rings is 2. The molecule has 0 bridgehead atoms. The van der Waals surface area contributed by atoms with E-state index in [1.165, 1.54) is 13.2 Å². The van der Waals surface area contributed by atoms with Gasteiger partial charge in [0.05, 0.1) is 19.2 Å². The fraction of sp³-hybridized carbons (Fsp3) is 0.133. The van der Waals surface area contributed by atoms with Crippen molar-refractivity contribution in [2.45, 2.75) is 0 Å². The van der Waals surface area contributed by atoms with Gasteiger partial charge in [0.2, 0.25) is 6.08 Å². The summed E-state index contributed by atoms with van der Waals surface area (Å²) in [6.45, 7) is 0. The summed E-state index contributed by atoms with van der Waals surface area (Å²) in [7, 11) is 3.08. The highest BCUT2D eigenvalue weighted by atomic mass is 35.5. The first kappa shape index (κ1) is 14.1. The van der Waals surface area contributed by atoms with Gasteiger partial charge in [-0.05, 0) is 23.8 Å². The van der Waals surface area contributed by atoms with Crippen molar-refractivity contribution in [2.75, 3.05) is 14.2 Å². The van der Waals surface area contributed by atoms with Crippen LogP contribution in [-0.2, 0) is 4.79 Å². The SMILES string of the molecule is COc1ccc(-c2cccc(N=C=O)c2OC)cc1Cl. The molecule has 0 aliphatic heterocycles. The summed E-state index contributed by atoms with van der Waals surface area (Å²) < 4.78 is 10.5. The summed E-state index contributed by atoms with van der Waals surface area (Å²) in [4.78, 5) is 14.1. The molecule has 0 aliphatic carbocycles. The summed E-state index contributed by atoms with van der Waals surface area (Å²) in [6.07, 6.45) is 1.52. The third-order valence-corrected chi connectivity index (χ3v) is 3.12. The third kappa shape index (κ3) is 2.67. The molecule has 5 heteroatoms. The van der Waals surface area contributed by atoms with Crippen molar-refractivity contribution >= 4 is 23.4 Å². The number of halogens is 1. The van der Waals surface area contributed by atoms with E-state index < -0.39 is 0 Å². The second-order valence-corrected chi connectivity index (χ2v) is 4.32. The van der Waals surface area contributed by atoms with Crippen LogP contribution in [0.2, 0.25) is 5.02 Å². The summed E-state index contributed by atoms with van der Waals surface area (Å²) >= 11 is 6.12. The number of methoxy groups -OCH3 is 2. The molecule has 20 heavy (non-hydrogen) atoms. The van der Waals surface area contributed by atoms with Gasteiger partial charge >= 0.3 is 0 Å². The second-order valence-electron chi connectivity index (χ2n) is 3.91. The van der Waals surface area contributed by atoms with E-state index in [-0.39, 0.29) is 0 Å². The van der Waals surface area contributed by atoms with Crippen LogP contribution in [0.4, 0.5) is 5.69 Å². The zero-order chi connectivity index (χ0) is 14.5. The van der Waals surface area contributed by atoms with Crippen molar-refractivity contribution in [3.8, 4) is 22.6 Å². The largest absolute Gasteiger partial charge is 0.495 e. The first-order valence-electron chi connectivity index (χ1n) is 5.80. The Morgan fingerprint density at radius 3 is 2.55 bits per heavy atom. The fourth-order valence-corrected chi connectivity index (χ4v) is 2.20. The molecule has 0 N–H and O–H groups in total. The topological polar surface area (TPSA) is 47.9 Å².